The third-order valence-corrected chi connectivity index (χ3v) is 14.5. The Labute approximate surface area is 298 Å². The summed E-state index contributed by atoms with van der Waals surface area (Å²) in [5.41, 5.74) is 1.91. The van der Waals surface area contributed by atoms with Gasteiger partial charge in [-0.2, -0.15) is 0 Å². The van der Waals surface area contributed by atoms with Crippen molar-refractivity contribution in [2.24, 2.45) is 46.3 Å². The number of rotatable bonds is 22. The third kappa shape index (κ3) is 10.6. The number of aliphatic hydroxyl groups is 1. The smallest absolute Gasteiger partial charge is 0.306 e. The largest absolute Gasteiger partial charge is 0.458 e. The maximum Gasteiger partial charge on any atom is 0.306 e. The van der Waals surface area contributed by atoms with E-state index >= 15 is 0 Å². The second-order valence-corrected chi connectivity index (χ2v) is 18.5. The van der Waals surface area contributed by atoms with E-state index in [1.807, 2.05) is 0 Å². The Kier molecular flexibility index (Phi) is 16.4. The van der Waals surface area contributed by atoms with Gasteiger partial charge < -0.3 is 9.84 Å². The van der Waals surface area contributed by atoms with Crippen molar-refractivity contribution in [2.45, 2.75) is 221 Å². The predicted octanol–water partition coefficient (Wildman–Crippen LogP) is 13.2. The molecule has 0 aromatic rings. The van der Waals surface area contributed by atoms with Crippen molar-refractivity contribution < 1.29 is 14.6 Å². The van der Waals surface area contributed by atoms with Gasteiger partial charge in [0.15, 0.2) is 0 Å². The summed E-state index contributed by atoms with van der Waals surface area (Å²) < 4.78 is 6.55. The van der Waals surface area contributed by atoms with Gasteiger partial charge in [-0.3, -0.25) is 4.79 Å². The molecule has 3 saturated carbocycles. The molecule has 0 aromatic carbocycles. The predicted molar refractivity (Wildman–Crippen MR) is 204 cm³/mol. The Morgan fingerprint density at radius 1 is 0.771 bits per heavy atom. The number of fused-ring (bicyclic) bond motifs is 5. The lowest BCUT2D eigenvalue weighted by molar-refractivity contribution is -0.161. The molecule has 3 fully saturated rings. The Morgan fingerprint density at radius 3 is 1.98 bits per heavy atom. The standard InChI is InChI=1S/C45H80O3/c1-7-8-9-10-11-12-13-14-15-16-17-18-19-20-21-25-42(47)48-41-33-36-32-37(46)28-30-44(36,5)40-29-31-45(6)38(26-27-39(45)43(40)41)35(4)24-22-23-34(2)3/h33-35,37-41,43,46H,7-32H2,1-6H3/t35-,37+,38-,39+,40+,41-,43+,44+,45-/m1/s1. The number of carbonyl (C=O) groups excluding carboxylic acids is 1. The van der Waals surface area contributed by atoms with Crippen LogP contribution in [0, 0.1) is 46.3 Å². The highest BCUT2D eigenvalue weighted by molar-refractivity contribution is 5.69. The molecule has 1 N–H and O–H groups in total. The number of ether oxygens (including phenoxy) is 1. The molecule has 0 heterocycles. The van der Waals surface area contributed by atoms with Gasteiger partial charge >= 0.3 is 5.97 Å². The highest BCUT2D eigenvalue weighted by Gasteiger charge is 2.62. The number of unbranched alkanes of at least 4 members (excludes halogenated alkanes) is 14. The van der Waals surface area contributed by atoms with Gasteiger partial charge in [0, 0.05) is 12.3 Å². The van der Waals surface area contributed by atoms with E-state index in [2.05, 4.69) is 47.6 Å². The van der Waals surface area contributed by atoms with Gasteiger partial charge in [-0.25, -0.2) is 0 Å². The maximum atomic E-state index is 13.4. The van der Waals surface area contributed by atoms with E-state index in [9.17, 15) is 9.90 Å². The van der Waals surface area contributed by atoms with Crippen molar-refractivity contribution in [3.05, 3.63) is 11.6 Å². The second-order valence-electron chi connectivity index (χ2n) is 18.5. The lowest BCUT2D eigenvalue weighted by Crippen LogP contribution is -2.55. The molecule has 0 aromatic heterocycles. The van der Waals surface area contributed by atoms with E-state index in [-0.39, 0.29) is 23.6 Å². The van der Waals surface area contributed by atoms with Crippen LogP contribution in [0.25, 0.3) is 0 Å². The first kappa shape index (κ1) is 39.9. The molecule has 0 spiro atoms. The Bertz CT molecular complexity index is 969. The molecule has 0 unspecified atom stereocenters. The monoisotopic (exact) mass is 669 g/mol. The lowest BCUT2D eigenvalue weighted by atomic mass is 9.46. The zero-order valence-electron chi connectivity index (χ0n) is 32.8. The van der Waals surface area contributed by atoms with E-state index in [0.717, 1.165) is 49.9 Å². The van der Waals surface area contributed by atoms with Gasteiger partial charge in [-0.1, -0.05) is 156 Å². The van der Waals surface area contributed by atoms with Gasteiger partial charge in [0.25, 0.3) is 0 Å². The highest BCUT2D eigenvalue weighted by Crippen LogP contribution is 2.67. The zero-order valence-corrected chi connectivity index (χ0v) is 32.8. The van der Waals surface area contributed by atoms with Crippen LogP contribution in [-0.2, 0) is 9.53 Å². The van der Waals surface area contributed by atoms with Crippen LogP contribution in [0.1, 0.15) is 208 Å². The molecule has 4 aliphatic carbocycles. The first-order chi connectivity index (χ1) is 23.1. The van der Waals surface area contributed by atoms with Crippen molar-refractivity contribution in [1.82, 2.24) is 0 Å². The van der Waals surface area contributed by atoms with Crippen molar-refractivity contribution in [3.8, 4) is 0 Å². The van der Waals surface area contributed by atoms with Gasteiger partial charge in [-0.05, 0) is 97.9 Å². The molecule has 4 rings (SSSR count). The van der Waals surface area contributed by atoms with Gasteiger partial charge in [0.1, 0.15) is 6.10 Å². The summed E-state index contributed by atoms with van der Waals surface area (Å²) in [4.78, 5) is 13.4. The SMILES string of the molecule is CCCCCCCCCCCCCCCCCC(=O)O[C@@H]1C=C2C[C@@H](O)CC[C@]2(C)[C@H]2CC[C@]3(C)[C@@H]([C@H](C)CCCC(C)C)CC[C@H]3[C@H]12. The fourth-order valence-corrected chi connectivity index (χ4v) is 11.6. The van der Waals surface area contributed by atoms with Crippen molar-refractivity contribution in [3.63, 3.8) is 0 Å². The fraction of sp³-hybridized carbons (Fsp3) is 0.933. The first-order valence-corrected chi connectivity index (χ1v) is 21.7. The Balaban J connectivity index is 1.25. The maximum absolute atomic E-state index is 13.4. The van der Waals surface area contributed by atoms with Crippen LogP contribution in [-0.4, -0.2) is 23.3 Å². The minimum absolute atomic E-state index is 0.0223. The second kappa shape index (κ2) is 19.7. The van der Waals surface area contributed by atoms with E-state index in [1.54, 1.807) is 0 Å². The molecule has 0 aliphatic heterocycles. The Morgan fingerprint density at radius 2 is 1.38 bits per heavy atom. The molecule has 0 bridgehead atoms. The van der Waals surface area contributed by atoms with Crippen LogP contribution in [0.3, 0.4) is 0 Å². The molecule has 48 heavy (non-hydrogen) atoms. The van der Waals surface area contributed by atoms with Gasteiger partial charge in [0.2, 0.25) is 0 Å². The van der Waals surface area contributed by atoms with Crippen molar-refractivity contribution >= 4 is 5.97 Å². The summed E-state index contributed by atoms with van der Waals surface area (Å²) in [5.74, 6) is 4.03. The van der Waals surface area contributed by atoms with Crippen LogP contribution < -0.4 is 0 Å². The summed E-state index contributed by atoms with van der Waals surface area (Å²) >= 11 is 0. The van der Waals surface area contributed by atoms with Crippen LogP contribution in [0.5, 0.6) is 0 Å². The van der Waals surface area contributed by atoms with E-state index in [4.69, 9.17) is 4.74 Å². The molecule has 0 radical (unpaired) electrons. The molecular formula is C45H80O3. The van der Waals surface area contributed by atoms with Gasteiger partial charge in [-0.15, -0.1) is 0 Å². The average Bonchev–Trinajstić information content (AvgIpc) is 3.40. The minimum atomic E-state index is -0.242. The van der Waals surface area contributed by atoms with E-state index < -0.39 is 0 Å². The summed E-state index contributed by atoms with van der Waals surface area (Å²) in [5, 5.41) is 10.7. The lowest BCUT2D eigenvalue weighted by Gasteiger charge is -2.59. The number of carbonyl (C=O) groups is 1. The number of hydrogen-bond donors (Lipinski definition) is 1. The molecule has 0 saturated heterocycles. The quantitative estimate of drug-likeness (QED) is 0.0709. The van der Waals surface area contributed by atoms with Crippen LogP contribution in [0.2, 0.25) is 0 Å². The molecule has 3 nitrogen and oxygen atoms in total. The molecule has 9 atom stereocenters. The van der Waals surface area contributed by atoms with Crippen molar-refractivity contribution in [1.29, 1.82) is 0 Å². The molecule has 3 heteroatoms. The third-order valence-electron chi connectivity index (χ3n) is 14.5. The summed E-state index contributed by atoms with van der Waals surface area (Å²) in [7, 11) is 0. The minimum Gasteiger partial charge on any atom is -0.458 e. The zero-order chi connectivity index (χ0) is 34.6. The van der Waals surface area contributed by atoms with Crippen molar-refractivity contribution in [2.75, 3.05) is 0 Å². The van der Waals surface area contributed by atoms with E-state index in [1.165, 1.54) is 134 Å². The summed E-state index contributed by atoms with van der Waals surface area (Å²) in [6.07, 6.45) is 34.7. The normalized spacial score (nSPS) is 33.5. The molecule has 4 aliphatic rings. The Hall–Kier alpha value is -0.830. The van der Waals surface area contributed by atoms with E-state index in [0.29, 0.717) is 29.6 Å². The molecular weight excluding hydrogens is 588 g/mol. The van der Waals surface area contributed by atoms with Crippen LogP contribution in [0.4, 0.5) is 0 Å². The topological polar surface area (TPSA) is 46.5 Å². The first-order valence-electron chi connectivity index (χ1n) is 21.7. The summed E-state index contributed by atoms with van der Waals surface area (Å²) in [6.45, 7) is 14.7. The number of hydrogen-bond acceptors (Lipinski definition) is 3. The fourth-order valence-electron chi connectivity index (χ4n) is 11.6. The summed E-state index contributed by atoms with van der Waals surface area (Å²) in [6, 6.07) is 0. The van der Waals surface area contributed by atoms with Crippen LogP contribution >= 0.6 is 0 Å². The number of aliphatic hydroxyl groups excluding tert-OH is 1. The highest BCUT2D eigenvalue weighted by atomic mass is 16.5. The van der Waals surface area contributed by atoms with Gasteiger partial charge in [0.05, 0.1) is 6.10 Å². The molecule has 278 valence electrons. The number of esters is 1. The molecule has 0 amide bonds. The van der Waals surface area contributed by atoms with Crippen LogP contribution in [0.15, 0.2) is 11.6 Å². The average molecular weight is 669 g/mol.